The third kappa shape index (κ3) is 6.32. The number of amidine groups is 1. The molecule has 0 saturated carbocycles. The number of nitrogens with zero attached hydrogens (tertiary/aromatic N) is 2. The van der Waals surface area contributed by atoms with Crippen molar-refractivity contribution in [3.05, 3.63) is 93.7 Å². The van der Waals surface area contributed by atoms with Gasteiger partial charge in [-0.15, -0.1) is 11.3 Å². The number of likely N-dealkylation sites (N-methyl/N-ethyl adjacent to an activating group) is 1. The Morgan fingerprint density at radius 1 is 1.07 bits per heavy atom. The zero-order valence-corrected chi connectivity index (χ0v) is 23.1. The van der Waals surface area contributed by atoms with Crippen LogP contribution < -0.4 is 16.4 Å². The molecule has 10 nitrogen and oxygen atoms in total. The van der Waals surface area contributed by atoms with Crippen LogP contribution >= 0.6 is 11.3 Å². The molecule has 5 N–H and O–H groups in total. The highest BCUT2D eigenvalue weighted by atomic mass is 32.1. The zero-order valence-electron chi connectivity index (χ0n) is 22.3. The van der Waals surface area contributed by atoms with Gasteiger partial charge in [-0.25, -0.2) is 4.79 Å². The number of oxime groups is 1. The maximum Gasteiger partial charge on any atom is 0.409 e. The van der Waals surface area contributed by atoms with E-state index in [1.165, 1.54) is 19.1 Å². The number of ketones is 1. The van der Waals surface area contributed by atoms with E-state index >= 15 is 0 Å². The highest BCUT2D eigenvalue weighted by Crippen LogP contribution is 2.33. The summed E-state index contributed by atoms with van der Waals surface area (Å²) in [7, 11) is 2.76. The molecular formula is C29H33N5O5S. The molecule has 0 bridgehead atoms. The van der Waals surface area contributed by atoms with Gasteiger partial charge in [-0.05, 0) is 42.6 Å². The lowest BCUT2D eigenvalue weighted by Crippen LogP contribution is -2.53. The van der Waals surface area contributed by atoms with Gasteiger partial charge in [0, 0.05) is 17.8 Å². The number of rotatable bonds is 10. The molecule has 1 aliphatic rings. The Kier molecular flexibility index (Phi) is 9.52. The second-order valence-electron chi connectivity index (χ2n) is 9.50. The fraction of sp³-hybridized carbons (Fsp3) is 0.310. The van der Waals surface area contributed by atoms with Gasteiger partial charge in [0.2, 0.25) is 5.91 Å². The van der Waals surface area contributed by atoms with Crippen LogP contribution in [0.25, 0.3) is 0 Å². The van der Waals surface area contributed by atoms with E-state index in [2.05, 4.69) is 15.8 Å². The molecule has 2 amide bonds. The summed E-state index contributed by atoms with van der Waals surface area (Å²) in [6.45, 7) is 0.703. The van der Waals surface area contributed by atoms with Crippen molar-refractivity contribution in [3.8, 4) is 0 Å². The van der Waals surface area contributed by atoms with Gasteiger partial charge in [-0.3, -0.25) is 14.5 Å². The highest BCUT2D eigenvalue weighted by molar-refractivity contribution is 7.14. The Balaban J connectivity index is 1.78. The maximum absolute atomic E-state index is 14.3. The van der Waals surface area contributed by atoms with Crippen molar-refractivity contribution >= 4 is 35.0 Å². The number of nitrogens with two attached hydrogens (primary N) is 1. The van der Waals surface area contributed by atoms with E-state index < -0.39 is 36.0 Å². The lowest BCUT2D eigenvalue weighted by atomic mass is 9.83. The van der Waals surface area contributed by atoms with E-state index in [4.69, 9.17) is 15.7 Å². The van der Waals surface area contributed by atoms with Gasteiger partial charge in [-0.2, -0.15) is 0 Å². The summed E-state index contributed by atoms with van der Waals surface area (Å²) in [4.78, 5) is 43.1. The molecule has 3 atom stereocenters. The first-order valence-electron chi connectivity index (χ1n) is 12.9. The fourth-order valence-corrected chi connectivity index (χ4v) is 5.98. The molecule has 0 spiro atoms. The van der Waals surface area contributed by atoms with Gasteiger partial charge in [0.25, 0.3) is 0 Å². The number of benzene rings is 2. The van der Waals surface area contributed by atoms with E-state index in [-0.39, 0.29) is 11.6 Å². The zero-order chi connectivity index (χ0) is 28.6. The van der Waals surface area contributed by atoms with Gasteiger partial charge >= 0.3 is 6.09 Å². The van der Waals surface area contributed by atoms with Crippen molar-refractivity contribution in [2.45, 2.75) is 36.9 Å². The lowest BCUT2D eigenvalue weighted by molar-refractivity contribution is -0.131. The summed E-state index contributed by atoms with van der Waals surface area (Å²) in [5.41, 5.74) is 7.41. The van der Waals surface area contributed by atoms with Gasteiger partial charge in [0.1, 0.15) is 12.1 Å². The molecule has 11 heteroatoms. The highest BCUT2D eigenvalue weighted by Gasteiger charge is 2.40. The number of carbonyl (C=O) groups excluding carboxylic acids is 3. The monoisotopic (exact) mass is 563 g/mol. The summed E-state index contributed by atoms with van der Waals surface area (Å²) in [5, 5.41) is 18.3. The van der Waals surface area contributed by atoms with Crippen LogP contribution in [0.1, 0.15) is 45.7 Å². The van der Waals surface area contributed by atoms with Crippen LogP contribution in [0.4, 0.5) is 4.79 Å². The Labute approximate surface area is 236 Å². The minimum absolute atomic E-state index is 0.0933. The molecule has 1 unspecified atom stereocenters. The van der Waals surface area contributed by atoms with Crippen molar-refractivity contribution in [3.63, 3.8) is 0 Å². The molecule has 3 aromatic rings. The number of carbonyl (C=O) groups is 3. The summed E-state index contributed by atoms with van der Waals surface area (Å²) in [6, 6.07) is 19.6. The van der Waals surface area contributed by atoms with Crippen LogP contribution in [0.15, 0.2) is 78.0 Å². The minimum atomic E-state index is -1.06. The van der Waals surface area contributed by atoms with Gasteiger partial charge in [-0.1, -0.05) is 65.8 Å². The molecule has 2 aromatic carbocycles. The second kappa shape index (κ2) is 13.2. The predicted octanol–water partition coefficient (Wildman–Crippen LogP) is 3.22. The molecule has 2 heterocycles. The molecule has 1 fully saturated rings. The first-order chi connectivity index (χ1) is 19.3. The standard InChI is InChI=1S/C29H33N5O5S/c1-34(29(37)39-2)25(23(18-10-5-3-6-11-18)19-12-7-4-8-13-19)28(36)32-24(26(35)20-14-9-17-31-20)21-15-16-22(40-21)27(30)33-38/h3-8,10-13,15-16,20,23-25,31,38H,9,14,17H2,1-2H3,(H2,30,33)(H,32,36)/t20-,24?,25+/m0/s1. The van der Waals surface area contributed by atoms with Gasteiger partial charge in [0.05, 0.1) is 18.0 Å². The average molecular weight is 564 g/mol. The third-order valence-electron chi connectivity index (χ3n) is 7.03. The maximum atomic E-state index is 14.3. The number of nitrogens with one attached hydrogen (secondary N) is 2. The minimum Gasteiger partial charge on any atom is -0.453 e. The number of hydrogen-bond acceptors (Lipinski definition) is 8. The summed E-state index contributed by atoms with van der Waals surface area (Å²) < 4.78 is 5.01. The van der Waals surface area contributed by atoms with E-state index in [0.29, 0.717) is 22.7 Å². The van der Waals surface area contributed by atoms with Crippen molar-refractivity contribution in [2.24, 2.45) is 10.9 Å². The van der Waals surface area contributed by atoms with E-state index in [1.54, 1.807) is 12.1 Å². The molecular weight excluding hydrogens is 530 g/mol. The Morgan fingerprint density at radius 3 is 2.23 bits per heavy atom. The van der Waals surface area contributed by atoms with Crippen LogP contribution in [-0.4, -0.2) is 66.5 Å². The summed E-state index contributed by atoms with van der Waals surface area (Å²) in [6.07, 6.45) is 0.795. The van der Waals surface area contributed by atoms with Crippen molar-refractivity contribution < 1.29 is 24.3 Å². The largest absolute Gasteiger partial charge is 0.453 e. The molecule has 4 rings (SSSR count). The smallest absolute Gasteiger partial charge is 0.409 e. The molecule has 1 saturated heterocycles. The van der Waals surface area contributed by atoms with Crippen molar-refractivity contribution in [2.75, 3.05) is 20.7 Å². The number of Topliss-reactive ketones (excluding diaryl/α,β-unsaturated/α-hetero) is 1. The van der Waals surface area contributed by atoms with Crippen LogP contribution in [0.2, 0.25) is 0 Å². The van der Waals surface area contributed by atoms with Crippen LogP contribution in [0, 0.1) is 0 Å². The molecule has 1 aliphatic heterocycles. The van der Waals surface area contributed by atoms with Crippen molar-refractivity contribution in [1.82, 2.24) is 15.5 Å². The number of methoxy groups -OCH3 is 1. The molecule has 0 radical (unpaired) electrons. The normalized spacial score (nSPS) is 16.8. The molecule has 40 heavy (non-hydrogen) atoms. The number of amides is 2. The predicted molar refractivity (Wildman–Crippen MR) is 152 cm³/mol. The Bertz CT molecular complexity index is 1300. The SMILES string of the molecule is COC(=O)N(C)[C@@H](C(=O)NC(C(=O)[C@@H]1CCCN1)c1ccc(C(N)=NO)s1)C(c1ccccc1)c1ccccc1. The summed E-state index contributed by atoms with van der Waals surface area (Å²) in [5.74, 6) is -1.39. The molecule has 210 valence electrons. The number of hydrogen-bond donors (Lipinski definition) is 4. The average Bonchev–Trinajstić information content (AvgIpc) is 3.71. The third-order valence-corrected chi connectivity index (χ3v) is 8.20. The van der Waals surface area contributed by atoms with Crippen molar-refractivity contribution in [1.29, 1.82) is 0 Å². The van der Waals surface area contributed by atoms with Gasteiger partial charge in [0.15, 0.2) is 11.6 Å². The quantitative estimate of drug-likeness (QED) is 0.128. The first-order valence-corrected chi connectivity index (χ1v) is 13.7. The van der Waals surface area contributed by atoms with E-state index in [1.807, 2.05) is 60.7 Å². The van der Waals surface area contributed by atoms with E-state index in [9.17, 15) is 14.4 Å². The number of ether oxygens (including phenoxy) is 1. The Hall–Kier alpha value is -4.22. The van der Waals surface area contributed by atoms with Crippen LogP contribution in [0.5, 0.6) is 0 Å². The van der Waals surface area contributed by atoms with Crippen LogP contribution in [-0.2, 0) is 14.3 Å². The second-order valence-corrected chi connectivity index (χ2v) is 10.6. The fourth-order valence-electron chi connectivity index (χ4n) is 5.02. The van der Waals surface area contributed by atoms with Gasteiger partial charge < -0.3 is 26.3 Å². The topological polar surface area (TPSA) is 146 Å². The van der Waals surface area contributed by atoms with E-state index in [0.717, 1.165) is 28.9 Å². The molecule has 1 aromatic heterocycles. The Morgan fingerprint density at radius 2 is 1.70 bits per heavy atom. The number of thiophene rings is 1. The van der Waals surface area contributed by atoms with Crippen LogP contribution in [0.3, 0.4) is 0 Å². The lowest BCUT2D eigenvalue weighted by Gasteiger charge is -2.34. The summed E-state index contributed by atoms with van der Waals surface area (Å²) >= 11 is 1.15. The first kappa shape index (κ1) is 28.8. The molecule has 0 aliphatic carbocycles.